The Morgan fingerprint density at radius 2 is 2.10 bits per heavy atom. The SMILES string of the molecule is COc1cc(-c2noc(CNC(C)(C)C)n2)ccc1O. The Balaban J connectivity index is 2.16. The second kappa shape index (κ2) is 5.50. The smallest absolute Gasteiger partial charge is 0.240 e. The van der Waals surface area contributed by atoms with Gasteiger partial charge in [0.2, 0.25) is 11.7 Å². The summed E-state index contributed by atoms with van der Waals surface area (Å²) >= 11 is 0. The number of nitrogens with one attached hydrogen (secondary N) is 1. The van der Waals surface area contributed by atoms with Gasteiger partial charge in [0.05, 0.1) is 13.7 Å². The molecule has 0 radical (unpaired) electrons. The van der Waals surface area contributed by atoms with Crippen LogP contribution in [0.1, 0.15) is 26.7 Å². The first kappa shape index (κ1) is 14.3. The minimum atomic E-state index is -0.0175. The van der Waals surface area contributed by atoms with Crippen molar-refractivity contribution in [2.45, 2.75) is 32.9 Å². The molecular formula is C14H19N3O3. The first-order valence-electron chi connectivity index (χ1n) is 6.34. The third-order valence-corrected chi connectivity index (χ3v) is 2.68. The summed E-state index contributed by atoms with van der Waals surface area (Å²) in [6.07, 6.45) is 0. The van der Waals surface area contributed by atoms with Gasteiger partial charge in [0.15, 0.2) is 11.5 Å². The van der Waals surface area contributed by atoms with Gasteiger partial charge in [0, 0.05) is 11.1 Å². The number of rotatable bonds is 4. The van der Waals surface area contributed by atoms with E-state index in [1.165, 1.54) is 13.2 Å². The number of nitrogens with zero attached hydrogens (tertiary/aromatic N) is 2. The zero-order valence-corrected chi connectivity index (χ0v) is 12.1. The van der Waals surface area contributed by atoms with Gasteiger partial charge in [0.25, 0.3) is 0 Å². The van der Waals surface area contributed by atoms with Gasteiger partial charge in [-0.25, -0.2) is 0 Å². The van der Waals surface area contributed by atoms with E-state index in [1.54, 1.807) is 12.1 Å². The largest absolute Gasteiger partial charge is 0.504 e. The summed E-state index contributed by atoms with van der Waals surface area (Å²) in [6.45, 7) is 6.70. The average Bonchev–Trinajstić information content (AvgIpc) is 2.85. The molecule has 108 valence electrons. The quantitative estimate of drug-likeness (QED) is 0.892. The Morgan fingerprint density at radius 3 is 2.75 bits per heavy atom. The van der Waals surface area contributed by atoms with E-state index in [4.69, 9.17) is 9.26 Å². The molecule has 0 fully saturated rings. The van der Waals surface area contributed by atoms with E-state index in [1.807, 2.05) is 0 Å². The number of benzene rings is 1. The van der Waals surface area contributed by atoms with Gasteiger partial charge in [0.1, 0.15) is 0 Å². The van der Waals surface area contributed by atoms with Crippen LogP contribution in [0.5, 0.6) is 11.5 Å². The van der Waals surface area contributed by atoms with Crippen LogP contribution in [0.15, 0.2) is 22.7 Å². The fraction of sp³-hybridized carbons (Fsp3) is 0.429. The molecular weight excluding hydrogens is 258 g/mol. The molecule has 2 N–H and O–H groups in total. The lowest BCUT2D eigenvalue weighted by atomic mass is 10.1. The zero-order valence-electron chi connectivity index (χ0n) is 12.1. The van der Waals surface area contributed by atoms with Crippen LogP contribution in [-0.2, 0) is 6.54 Å². The molecule has 20 heavy (non-hydrogen) atoms. The highest BCUT2D eigenvalue weighted by Gasteiger charge is 2.14. The Kier molecular flexibility index (Phi) is 3.94. The molecule has 0 amide bonds. The summed E-state index contributed by atoms with van der Waals surface area (Å²) in [6, 6.07) is 4.92. The number of aromatic hydroxyl groups is 1. The molecule has 0 saturated heterocycles. The standard InChI is InChI=1S/C14H19N3O3/c1-14(2,3)15-8-12-16-13(17-20-12)9-5-6-10(18)11(7-9)19-4/h5-7,15,18H,8H2,1-4H3. The summed E-state index contributed by atoms with van der Waals surface area (Å²) in [5.74, 6) is 1.44. The highest BCUT2D eigenvalue weighted by Crippen LogP contribution is 2.30. The van der Waals surface area contributed by atoms with Crippen LogP contribution in [0.25, 0.3) is 11.4 Å². The predicted molar refractivity (Wildman–Crippen MR) is 74.5 cm³/mol. The van der Waals surface area contributed by atoms with Crippen LogP contribution in [-0.4, -0.2) is 27.9 Å². The molecule has 0 aliphatic rings. The van der Waals surface area contributed by atoms with E-state index >= 15 is 0 Å². The van der Waals surface area contributed by atoms with E-state index in [9.17, 15) is 5.11 Å². The summed E-state index contributed by atoms with van der Waals surface area (Å²) in [5.41, 5.74) is 0.710. The summed E-state index contributed by atoms with van der Waals surface area (Å²) in [7, 11) is 1.49. The lowest BCUT2D eigenvalue weighted by Gasteiger charge is -2.18. The molecule has 0 bridgehead atoms. The number of phenolic OH excluding ortho intramolecular Hbond substituents is 1. The van der Waals surface area contributed by atoms with Gasteiger partial charge in [-0.2, -0.15) is 4.98 Å². The number of methoxy groups -OCH3 is 1. The van der Waals surface area contributed by atoms with Crippen LogP contribution in [0.4, 0.5) is 0 Å². The Bertz CT molecular complexity index is 588. The lowest BCUT2D eigenvalue weighted by molar-refractivity contribution is 0.336. The Morgan fingerprint density at radius 1 is 1.35 bits per heavy atom. The van der Waals surface area contributed by atoms with Crippen molar-refractivity contribution in [2.24, 2.45) is 0 Å². The van der Waals surface area contributed by atoms with E-state index < -0.39 is 0 Å². The first-order chi connectivity index (χ1) is 9.39. The fourth-order valence-electron chi connectivity index (χ4n) is 1.60. The van der Waals surface area contributed by atoms with Crippen molar-refractivity contribution in [3.8, 4) is 22.9 Å². The van der Waals surface area contributed by atoms with Gasteiger partial charge in [-0.05, 0) is 39.0 Å². The maximum absolute atomic E-state index is 9.56. The van der Waals surface area contributed by atoms with E-state index in [2.05, 4.69) is 36.2 Å². The van der Waals surface area contributed by atoms with E-state index in [-0.39, 0.29) is 11.3 Å². The number of hydrogen-bond donors (Lipinski definition) is 2. The summed E-state index contributed by atoms with van der Waals surface area (Å²) in [4.78, 5) is 4.31. The first-order valence-corrected chi connectivity index (χ1v) is 6.34. The van der Waals surface area contributed by atoms with Gasteiger partial charge < -0.3 is 19.7 Å². The summed E-state index contributed by atoms with van der Waals surface area (Å²) < 4.78 is 10.2. The molecule has 0 spiro atoms. The van der Waals surface area contributed by atoms with Gasteiger partial charge in [-0.15, -0.1) is 0 Å². The maximum atomic E-state index is 9.56. The maximum Gasteiger partial charge on any atom is 0.240 e. The molecule has 1 aromatic carbocycles. The van der Waals surface area contributed by atoms with Crippen LogP contribution in [0, 0.1) is 0 Å². The van der Waals surface area contributed by atoms with Crippen molar-refractivity contribution >= 4 is 0 Å². The second-order valence-corrected chi connectivity index (χ2v) is 5.50. The van der Waals surface area contributed by atoms with Crippen LogP contribution in [0.3, 0.4) is 0 Å². The van der Waals surface area contributed by atoms with Crippen LogP contribution >= 0.6 is 0 Å². The van der Waals surface area contributed by atoms with E-state index in [0.29, 0.717) is 24.0 Å². The Hall–Kier alpha value is -2.08. The fourth-order valence-corrected chi connectivity index (χ4v) is 1.60. The molecule has 0 aliphatic carbocycles. The molecule has 0 atom stereocenters. The third kappa shape index (κ3) is 3.48. The molecule has 0 saturated carbocycles. The average molecular weight is 277 g/mol. The third-order valence-electron chi connectivity index (χ3n) is 2.68. The van der Waals surface area contributed by atoms with Gasteiger partial charge in [-0.3, -0.25) is 0 Å². The molecule has 1 aromatic heterocycles. The van der Waals surface area contributed by atoms with Gasteiger partial charge >= 0.3 is 0 Å². The molecule has 6 nitrogen and oxygen atoms in total. The van der Waals surface area contributed by atoms with Crippen molar-refractivity contribution in [3.05, 3.63) is 24.1 Å². The van der Waals surface area contributed by atoms with Crippen molar-refractivity contribution in [1.82, 2.24) is 15.5 Å². The molecule has 2 aromatic rings. The zero-order chi connectivity index (χ0) is 14.8. The molecule has 0 unspecified atom stereocenters. The Labute approximate surface area is 117 Å². The lowest BCUT2D eigenvalue weighted by Crippen LogP contribution is -2.35. The van der Waals surface area contributed by atoms with Crippen molar-refractivity contribution in [2.75, 3.05) is 7.11 Å². The molecule has 0 aliphatic heterocycles. The molecule has 1 heterocycles. The highest BCUT2D eigenvalue weighted by molar-refractivity contribution is 5.60. The number of aromatic nitrogens is 2. The van der Waals surface area contributed by atoms with Crippen molar-refractivity contribution in [3.63, 3.8) is 0 Å². The molecule has 6 heteroatoms. The predicted octanol–water partition coefficient (Wildman–Crippen LogP) is 2.34. The minimum Gasteiger partial charge on any atom is -0.504 e. The number of hydrogen-bond acceptors (Lipinski definition) is 6. The number of ether oxygens (including phenoxy) is 1. The van der Waals surface area contributed by atoms with Crippen molar-refractivity contribution in [1.29, 1.82) is 0 Å². The summed E-state index contributed by atoms with van der Waals surface area (Å²) in [5, 5.41) is 16.8. The van der Waals surface area contributed by atoms with E-state index in [0.717, 1.165) is 5.56 Å². The normalized spacial score (nSPS) is 11.6. The number of phenols is 1. The molecule has 2 rings (SSSR count). The minimum absolute atomic E-state index is 0.0175. The van der Waals surface area contributed by atoms with Crippen molar-refractivity contribution < 1.29 is 14.4 Å². The monoisotopic (exact) mass is 277 g/mol. The van der Waals surface area contributed by atoms with Crippen LogP contribution < -0.4 is 10.1 Å². The second-order valence-electron chi connectivity index (χ2n) is 5.50. The van der Waals surface area contributed by atoms with Gasteiger partial charge in [-0.1, -0.05) is 5.16 Å². The topological polar surface area (TPSA) is 80.4 Å². The highest BCUT2D eigenvalue weighted by atomic mass is 16.5. The van der Waals surface area contributed by atoms with Crippen LogP contribution in [0.2, 0.25) is 0 Å².